The van der Waals surface area contributed by atoms with Gasteiger partial charge in [-0.25, -0.2) is 9.30 Å². The summed E-state index contributed by atoms with van der Waals surface area (Å²) >= 11 is 0. The van der Waals surface area contributed by atoms with Gasteiger partial charge in [0.05, 0.1) is 18.6 Å². The van der Waals surface area contributed by atoms with Crippen molar-refractivity contribution in [3.8, 4) is 11.4 Å². The SMILES string of the molecule is CCCc1ccc(S(=O)(=O)[N+]23CCN(CC2)C3)cc1-c1nc2c([n-]1)n(CCC)c(=O)n1cnnc21. The molecule has 12 heteroatoms. The van der Waals surface area contributed by atoms with Gasteiger partial charge in [-0.2, -0.15) is 12.3 Å². The van der Waals surface area contributed by atoms with E-state index in [1.807, 2.05) is 13.0 Å². The molecule has 35 heavy (non-hydrogen) atoms. The van der Waals surface area contributed by atoms with Gasteiger partial charge in [-0.1, -0.05) is 32.8 Å². The van der Waals surface area contributed by atoms with E-state index in [2.05, 4.69) is 22.0 Å². The number of hydrogen-bond donors (Lipinski definition) is 0. The first kappa shape index (κ1) is 22.4. The van der Waals surface area contributed by atoms with Crippen LogP contribution in [0.1, 0.15) is 32.3 Å². The van der Waals surface area contributed by atoms with Gasteiger partial charge in [0.2, 0.25) is 0 Å². The summed E-state index contributed by atoms with van der Waals surface area (Å²) < 4.78 is 30.7. The number of aromatic nitrogens is 6. The van der Waals surface area contributed by atoms with Gasteiger partial charge < -0.3 is 14.5 Å². The summed E-state index contributed by atoms with van der Waals surface area (Å²) in [6.07, 6.45) is 3.79. The first-order valence-corrected chi connectivity index (χ1v) is 13.6. The number of aryl methyl sites for hydroxylation is 2. The topological polar surface area (TPSA) is 117 Å². The second-order valence-corrected chi connectivity index (χ2v) is 11.7. The van der Waals surface area contributed by atoms with E-state index in [9.17, 15) is 13.2 Å². The molecule has 2 fully saturated rings. The second-order valence-electron chi connectivity index (χ2n) is 9.49. The number of rotatable bonds is 7. The van der Waals surface area contributed by atoms with E-state index in [1.165, 1.54) is 10.7 Å². The molecule has 11 nitrogen and oxygen atoms in total. The minimum absolute atomic E-state index is 0.0832. The Balaban J connectivity index is 1.56. The molecule has 2 aliphatic heterocycles. The fourth-order valence-corrected chi connectivity index (χ4v) is 7.36. The molecule has 0 aliphatic carbocycles. The zero-order valence-corrected chi connectivity index (χ0v) is 20.7. The summed E-state index contributed by atoms with van der Waals surface area (Å²) in [6, 6.07) is 5.34. The number of piperazine rings is 1. The Morgan fingerprint density at radius 1 is 1.14 bits per heavy atom. The van der Waals surface area contributed by atoms with Gasteiger partial charge in [-0.15, -0.1) is 10.2 Å². The van der Waals surface area contributed by atoms with E-state index >= 15 is 0 Å². The van der Waals surface area contributed by atoms with Crippen molar-refractivity contribution in [3.63, 3.8) is 0 Å². The van der Waals surface area contributed by atoms with E-state index in [-0.39, 0.29) is 9.58 Å². The highest BCUT2D eigenvalue weighted by atomic mass is 32.2. The number of sulfonamides is 1. The van der Waals surface area contributed by atoms with Crippen molar-refractivity contribution in [2.75, 3.05) is 32.8 Å². The average molecular weight is 497 g/mol. The number of benzene rings is 1. The quantitative estimate of drug-likeness (QED) is 0.351. The lowest BCUT2D eigenvalue weighted by molar-refractivity contribution is -0.782. The standard InChI is InChI=1S/C23H28N8O3S/c1-3-5-16-6-7-17(35(33,34)31-11-9-28(15-31)10-12-31)13-18(16)20-25-19-21(26-20)29(8-4-2)23(32)30-14-24-27-22(19)30/h6-7,13-14H,3-5,8-12,15H2,1-2H3. The Morgan fingerprint density at radius 2 is 1.94 bits per heavy atom. The summed E-state index contributed by atoms with van der Waals surface area (Å²) in [6.45, 7) is 7.93. The first-order valence-electron chi connectivity index (χ1n) is 12.1. The third-order valence-corrected chi connectivity index (χ3v) is 9.65. The molecule has 2 saturated heterocycles. The molecule has 2 bridgehead atoms. The summed E-state index contributed by atoms with van der Waals surface area (Å²) in [5.41, 5.74) is 2.68. The van der Waals surface area contributed by atoms with Gasteiger partial charge in [0.15, 0.2) is 5.65 Å². The van der Waals surface area contributed by atoms with E-state index in [1.54, 1.807) is 16.7 Å². The van der Waals surface area contributed by atoms with Crippen LogP contribution >= 0.6 is 0 Å². The molecule has 0 atom stereocenters. The largest absolute Gasteiger partial charge is 0.357 e. The maximum atomic E-state index is 13.8. The second kappa shape index (κ2) is 7.97. The Hall–Kier alpha value is -3.09. The fourth-order valence-electron chi connectivity index (χ4n) is 5.44. The van der Waals surface area contributed by atoms with Gasteiger partial charge in [0, 0.05) is 11.5 Å². The molecule has 1 aromatic carbocycles. The molecule has 4 aromatic rings. The lowest BCUT2D eigenvalue weighted by Crippen LogP contribution is -2.50. The Morgan fingerprint density at radius 3 is 2.63 bits per heavy atom. The van der Waals surface area contributed by atoms with Gasteiger partial charge >= 0.3 is 10.0 Å². The molecular formula is C23H28N8O3S. The van der Waals surface area contributed by atoms with Crippen molar-refractivity contribution in [1.29, 1.82) is 0 Å². The average Bonchev–Trinajstić information content (AvgIpc) is 3.65. The summed E-state index contributed by atoms with van der Waals surface area (Å²) in [5.74, 6) is 0.408. The summed E-state index contributed by atoms with van der Waals surface area (Å²) in [5, 5.41) is 8.00. The van der Waals surface area contributed by atoms with Crippen LogP contribution in [0, 0.1) is 0 Å². The molecule has 0 spiro atoms. The van der Waals surface area contributed by atoms with Crippen LogP contribution in [-0.2, 0) is 23.0 Å². The molecule has 0 amide bonds. The smallest absolute Gasteiger partial charge is 0.328 e. The van der Waals surface area contributed by atoms with Crippen molar-refractivity contribution in [2.45, 2.75) is 44.6 Å². The molecule has 2 aliphatic rings. The minimum Gasteiger partial charge on any atom is -0.357 e. The third kappa shape index (κ3) is 3.20. The maximum absolute atomic E-state index is 13.8. The van der Waals surface area contributed by atoms with Crippen molar-refractivity contribution >= 4 is 26.8 Å². The number of fused-ring (bicyclic) bond motifs is 5. The third-order valence-electron chi connectivity index (χ3n) is 7.30. The van der Waals surface area contributed by atoms with Crippen LogP contribution in [0.4, 0.5) is 0 Å². The molecule has 0 saturated carbocycles. The zero-order valence-electron chi connectivity index (χ0n) is 19.9. The number of imidazole rings is 1. The van der Waals surface area contributed by atoms with Crippen LogP contribution in [-0.4, -0.2) is 74.2 Å². The molecule has 184 valence electrons. The predicted molar refractivity (Wildman–Crippen MR) is 129 cm³/mol. The van der Waals surface area contributed by atoms with E-state index in [0.29, 0.717) is 59.4 Å². The normalized spacial score (nSPS) is 22.1. The van der Waals surface area contributed by atoms with Crippen LogP contribution in [0.2, 0.25) is 0 Å². The highest BCUT2D eigenvalue weighted by Gasteiger charge is 2.53. The van der Waals surface area contributed by atoms with Crippen molar-refractivity contribution < 1.29 is 12.3 Å². The maximum Gasteiger partial charge on any atom is 0.328 e. The van der Waals surface area contributed by atoms with Crippen molar-refractivity contribution in [3.05, 3.63) is 40.6 Å². The number of quaternary nitrogens is 1. The monoisotopic (exact) mass is 496 g/mol. The van der Waals surface area contributed by atoms with Gasteiger partial charge in [0.25, 0.3) is 5.69 Å². The number of hydrogen-bond acceptors (Lipinski definition) is 7. The molecule has 0 unspecified atom stereocenters. The Labute approximate surface area is 202 Å². The van der Waals surface area contributed by atoms with Crippen LogP contribution in [0.15, 0.2) is 34.2 Å². The van der Waals surface area contributed by atoms with Crippen molar-refractivity contribution in [1.82, 2.24) is 34.0 Å². The van der Waals surface area contributed by atoms with E-state index in [0.717, 1.165) is 37.9 Å². The van der Waals surface area contributed by atoms with Gasteiger partial charge in [-0.05, 0) is 36.2 Å². The van der Waals surface area contributed by atoms with E-state index in [4.69, 9.17) is 9.97 Å². The predicted octanol–water partition coefficient (Wildman–Crippen LogP) is 1.22. The summed E-state index contributed by atoms with van der Waals surface area (Å²) in [7, 11) is -3.59. The van der Waals surface area contributed by atoms with Crippen LogP contribution in [0.5, 0.6) is 0 Å². The molecule has 5 heterocycles. The Kier molecular flexibility index (Phi) is 5.09. The Bertz CT molecular complexity index is 1610. The number of nitrogens with zero attached hydrogens (tertiary/aromatic N) is 8. The van der Waals surface area contributed by atoms with E-state index < -0.39 is 10.0 Å². The first-order chi connectivity index (χ1) is 16.9. The highest BCUT2D eigenvalue weighted by molar-refractivity contribution is 7.86. The minimum atomic E-state index is -3.59. The molecule has 3 aromatic heterocycles. The molecule has 0 radical (unpaired) electrons. The van der Waals surface area contributed by atoms with Crippen LogP contribution in [0.3, 0.4) is 0 Å². The molecule has 0 N–H and O–H groups in total. The molecule has 6 rings (SSSR count). The van der Waals surface area contributed by atoms with Crippen molar-refractivity contribution in [2.24, 2.45) is 0 Å². The highest BCUT2D eigenvalue weighted by Crippen LogP contribution is 2.35. The summed E-state index contributed by atoms with van der Waals surface area (Å²) in [4.78, 5) is 25.0. The fraction of sp³-hybridized carbons (Fsp3) is 0.478. The molecular weight excluding hydrogens is 468 g/mol. The zero-order chi connectivity index (χ0) is 24.4. The lowest BCUT2D eigenvalue weighted by Gasteiger charge is -2.29. The lowest BCUT2D eigenvalue weighted by atomic mass is 10.0. The van der Waals surface area contributed by atoms with Gasteiger partial charge in [-0.3, -0.25) is 4.79 Å². The van der Waals surface area contributed by atoms with Gasteiger partial charge in [0.1, 0.15) is 31.0 Å². The van der Waals surface area contributed by atoms with Crippen LogP contribution < -0.4 is 10.7 Å². The van der Waals surface area contributed by atoms with Crippen LogP contribution in [0.25, 0.3) is 28.2 Å².